The maximum Gasteiger partial charge on any atom is 0.238 e. The summed E-state index contributed by atoms with van der Waals surface area (Å²) in [5.74, 6) is -0.286. The van der Waals surface area contributed by atoms with Crippen molar-refractivity contribution in [2.24, 2.45) is 11.1 Å². The molecule has 0 aromatic heterocycles. The van der Waals surface area contributed by atoms with E-state index in [4.69, 9.17) is 9.88 Å². The fourth-order valence-electron chi connectivity index (χ4n) is 2.04. The first-order valence-electron chi connectivity index (χ1n) is 5.93. The third-order valence-electron chi connectivity index (χ3n) is 3.16. The average molecular weight is 284 g/mol. The molecule has 1 aromatic carbocycles. The zero-order chi connectivity index (χ0) is 14.0. The van der Waals surface area contributed by atoms with Crippen LogP contribution in [0, 0.1) is 5.92 Å². The molecule has 2 rings (SSSR count). The van der Waals surface area contributed by atoms with Crippen LogP contribution in [0.15, 0.2) is 29.2 Å². The molecule has 2 unspecified atom stereocenters. The maximum absolute atomic E-state index is 12.0. The molecular weight excluding hydrogens is 268 g/mol. The minimum absolute atomic E-state index is 0.0167. The van der Waals surface area contributed by atoms with E-state index in [0.29, 0.717) is 18.7 Å². The monoisotopic (exact) mass is 284 g/mol. The van der Waals surface area contributed by atoms with Crippen LogP contribution in [0.3, 0.4) is 0 Å². The number of ether oxygens (including phenoxy) is 1. The number of hydrogen-bond donors (Lipinski definition) is 2. The van der Waals surface area contributed by atoms with Gasteiger partial charge in [0.25, 0.3) is 0 Å². The topological polar surface area (TPSA) is 98.5 Å². The average Bonchev–Trinajstić information content (AvgIpc) is 2.75. The van der Waals surface area contributed by atoms with Gasteiger partial charge in [-0.1, -0.05) is 0 Å². The summed E-state index contributed by atoms with van der Waals surface area (Å²) in [5, 5.41) is 7.73. The van der Waals surface area contributed by atoms with Gasteiger partial charge >= 0.3 is 0 Å². The van der Waals surface area contributed by atoms with E-state index in [1.54, 1.807) is 0 Å². The lowest BCUT2D eigenvalue weighted by molar-refractivity contribution is -0.121. The Kier molecular flexibility index (Phi) is 3.88. The van der Waals surface area contributed by atoms with Crippen molar-refractivity contribution in [3.63, 3.8) is 0 Å². The lowest BCUT2D eigenvalue weighted by Gasteiger charge is -2.14. The summed E-state index contributed by atoms with van der Waals surface area (Å²) in [4.78, 5) is 12.0. The van der Waals surface area contributed by atoms with Crippen LogP contribution < -0.4 is 10.5 Å². The highest BCUT2D eigenvalue weighted by molar-refractivity contribution is 7.89. The lowest BCUT2D eigenvalue weighted by atomic mass is 10.0. The van der Waals surface area contributed by atoms with Crippen LogP contribution in [-0.2, 0) is 19.6 Å². The Morgan fingerprint density at radius 1 is 1.37 bits per heavy atom. The van der Waals surface area contributed by atoms with Crippen molar-refractivity contribution >= 4 is 21.6 Å². The van der Waals surface area contributed by atoms with E-state index in [1.165, 1.54) is 24.3 Å². The Bertz CT molecular complexity index is 568. The van der Waals surface area contributed by atoms with Crippen LogP contribution in [0.2, 0.25) is 0 Å². The quantitative estimate of drug-likeness (QED) is 0.853. The Balaban J connectivity index is 2.06. The SMILES string of the molecule is CC1OCCC1C(=O)Nc1ccc(S(N)(=O)=O)cc1. The molecule has 3 N–H and O–H groups in total. The molecule has 1 aromatic rings. The number of benzene rings is 1. The molecule has 0 aliphatic carbocycles. The van der Waals surface area contributed by atoms with Gasteiger partial charge in [0.05, 0.1) is 16.9 Å². The first-order valence-corrected chi connectivity index (χ1v) is 7.48. The zero-order valence-electron chi connectivity index (χ0n) is 10.5. The number of nitrogens with one attached hydrogen (secondary N) is 1. The van der Waals surface area contributed by atoms with E-state index in [0.717, 1.165) is 0 Å². The van der Waals surface area contributed by atoms with Crippen LogP contribution >= 0.6 is 0 Å². The largest absolute Gasteiger partial charge is 0.378 e. The van der Waals surface area contributed by atoms with Crippen LogP contribution in [0.25, 0.3) is 0 Å². The number of primary sulfonamides is 1. The Morgan fingerprint density at radius 3 is 2.47 bits per heavy atom. The van der Waals surface area contributed by atoms with Crippen LogP contribution in [0.4, 0.5) is 5.69 Å². The third-order valence-corrected chi connectivity index (χ3v) is 4.09. The second-order valence-electron chi connectivity index (χ2n) is 4.53. The molecule has 0 radical (unpaired) electrons. The summed E-state index contributed by atoms with van der Waals surface area (Å²) in [5.41, 5.74) is 0.538. The molecule has 7 heteroatoms. The van der Waals surface area contributed by atoms with Gasteiger partial charge in [-0.3, -0.25) is 4.79 Å². The molecular formula is C12H16N2O4S. The van der Waals surface area contributed by atoms with Crippen molar-refractivity contribution < 1.29 is 17.9 Å². The van der Waals surface area contributed by atoms with Gasteiger partial charge in [0, 0.05) is 12.3 Å². The number of amides is 1. The zero-order valence-corrected chi connectivity index (χ0v) is 11.3. The van der Waals surface area contributed by atoms with Gasteiger partial charge in [-0.2, -0.15) is 0 Å². The van der Waals surface area contributed by atoms with Gasteiger partial charge in [-0.15, -0.1) is 0 Å². The minimum atomic E-state index is -3.71. The number of anilines is 1. The Hall–Kier alpha value is -1.44. The second kappa shape index (κ2) is 5.28. The molecule has 0 spiro atoms. The summed E-state index contributed by atoms with van der Waals surface area (Å²) in [6.07, 6.45) is 0.603. The fourth-order valence-corrected chi connectivity index (χ4v) is 2.55. The molecule has 1 heterocycles. The predicted molar refractivity (Wildman–Crippen MR) is 70.0 cm³/mol. The van der Waals surface area contributed by atoms with Crippen molar-refractivity contribution in [2.45, 2.75) is 24.3 Å². The van der Waals surface area contributed by atoms with Crippen molar-refractivity contribution in [3.05, 3.63) is 24.3 Å². The van der Waals surface area contributed by atoms with Crippen molar-refractivity contribution in [1.82, 2.24) is 0 Å². The van der Waals surface area contributed by atoms with Crippen molar-refractivity contribution in [2.75, 3.05) is 11.9 Å². The number of sulfonamides is 1. The first kappa shape index (κ1) is 14.0. The number of carbonyl (C=O) groups is 1. The highest BCUT2D eigenvalue weighted by Gasteiger charge is 2.30. The smallest absolute Gasteiger partial charge is 0.238 e. The van der Waals surface area contributed by atoms with E-state index in [1.807, 2.05) is 6.92 Å². The summed E-state index contributed by atoms with van der Waals surface area (Å²) in [6.45, 7) is 2.45. The van der Waals surface area contributed by atoms with E-state index in [9.17, 15) is 13.2 Å². The fraction of sp³-hybridized carbons (Fsp3) is 0.417. The molecule has 1 aliphatic heterocycles. The highest BCUT2D eigenvalue weighted by Crippen LogP contribution is 2.22. The first-order chi connectivity index (χ1) is 8.88. The van der Waals surface area contributed by atoms with Gasteiger partial charge in [0.2, 0.25) is 15.9 Å². The molecule has 0 bridgehead atoms. The summed E-state index contributed by atoms with van der Waals surface area (Å²) in [6, 6.07) is 5.75. The molecule has 1 aliphatic rings. The number of nitrogens with two attached hydrogens (primary N) is 1. The maximum atomic E-state index is 12.0. The van der Waals surface area contributed by atoms with Crippen LogP contribution in [-0.4, -0.2) is 27.0 Å². The van der Waals surface area contributed by atoms with Crippen molar-refractivity contribution in [1.29, 1.82) is 0 Å². The van der Waals surface area contributed by atoms with Crippen molar-refractivity contribution in [3.8, 4) is 0 Å². The highest BCUT2D eigenvalue weighted by atomic mass is 32.2. The van der Waals surface area contributed by atoms with E-state index in [-0.39, 0.29) is 22.8 Å². The number of rotatable bonds is 3. The van der Waals surface area contributed by atoms with Crippen LogP contribution in [0.5, 0.6) is 0 Å². The molecule has 1 fully saturated rings. The normalized spacial score (nSPS) is 23.3. The van der Waals surface area contributed by atoms with E-state index >= 15 is 0 Å². The Morgan fingerprint density at radius 2 is 2.00 bits per heavy atom. The van der Waals surface area contributed by atoms with E-state index < -0.39 is 10.0 Å². The minimum Gasteiger partial charge on any atom is -0.378 e. The molecule has 2 atom stereocenters. The second-order valence-corrected chi connectivity index (χ2v) is 6.09. The van der Waals surface area contributed by atoms with Gasteiger partial charge in [-0.25, -0.2) is 13.6 Å². The van der Waals surface area contributed by atoms with Crippen LogP contribution in [0.1, 0.15) is 13.3 Å². The summed E-state index contributed by atoms with van der Waals surface area (Å²) >= 11 is 0. The van der Waals surface area contributed by atoms with E-state index in [2.05, 4.69) is 5.32 Å². The number of carbonyl (C=O) groups excluding carboxylic acids is 1. The number of hydrogen-bond acceptors (Lipinski definition) is 4. The molecule has 1 saturated heterocycles. The Labute approximate surface area is 112 Å². The molecule has 1 amide bonds. The standard InChI is InChI=1S/C12H16N2O4S/c1-8-11(6-7-18-8)12(15)14-9-2-4-10(5-3-9)19(13,16)17/h2-5,8,11H,6-7H2,1H3,(H,14,15)(H2,13,16,17). The predicted octanol–water partition coefficient (Wildman–Crippen LogP) is 0.698. The van der Waals surface area contributed by atoms with Gasteiger partial charge in [-0.05, 0) is 37.6 Å². The summed E-state index contributed by atoms with van der Waals surface area (Å²) < 4.78 is 27.5. The third kappa shape index (κ3) is 3.31. The molecule has 19 heavy (non-hydrogen) atoms. The van der Waals surface area contributed by atoms with Gasteiger partial charge in [0.15, 0.2) is 0 Å². The lowest BCUT2D eigenvalue weighted by Crippen LogP contribution is -2.27. The molecule has 6 nitrogen and oxygen atoms in total. The van der Waals surface area contributed by atoms with Gasteiger partial charge < -0.3 is 10.1 Å². The molecule has 0 saturated carbocycles. The van der Waals surface area contributed by atoms with Gasteiger partial charge in [0.1, 0.15) is 0 Å². The summed E-state index contributed by atoms with van der Waals surface area (Å²) in [7, 11) is -3.71. The molecule has 104 valence electrons.